The summed E-state index contributed by atoms with van der Waals surface area (Å²) in [6, 6.07) is 9.33. The maximum Gasteiger partial charge on any atom is 0.263 e. The maximum absolute atomic E-state index is 12.5. The third kappa shape index (κ3) is 3.63. The second-order valence-electron chi connectivity index (χ2n) is 5.11. The molecule has 0 saturated carbocycles. The lowest BCUT2D eigenvalue weighted by Crippen LogP contribution is -2.39. The minimum absolute atomic E-state index is 0.00334. The van der Waals surface area contributed by atoms with E-state index in [9.17, 15) is 13.2 Å². The van der Waals surface area contributed by atoms with Crippen LogP contribution in [-0.4, -0.2) is 43.8 Å². The molecule has 1 amide bonds. The number of thiophene rings is 1. The Labute approximate surface area is 129 Å². The number of carbonyl (C=O) groups is 1. The van der Waals surface area contributed by atoms with Gasteiger partial charge in [-0.25, -0.2) is 8.42 Å². The fraction of sp³-hybridized carbons (Fsp3) is 0.400. The molecule has 1 aromatic heterocycles. The van der Waals surface area contributed by atoms with Gasteiger partial charge in [0.1, 0.15) is 0 Å². The summed E-state index contributed by atoms with van der Waals surface area (Å²) in [4.78, 5) is 14.6. The fourth-order valence-corrected chi connectivity index (χ4v) is 4.30. The molecule has 1 aromatic carbocycles. The molecule has 21 heavy (non-hydrogen) atoms. The van der Waals surface area contributed by atoms with Crippen LogP contribution in [0.25, 0.3) is 10.1 Å². The van der Waals surface area contributed by atoms with Crippen LogP contribution in [0, 0.1) is 0 Å². The quantitative estimate of drug-likeness (QED) is 0.849. The number of hydrogen-bond acceptors (Lipinski definition) is 4. The highest BCUT2D eigenvalue weighted by Crippen LogP contribution is 2.26. The Morgan fingerprint density at radius 2 is 2.00 bits per heavy atom. The van der Waals surface area contributed by atoms with Crippen molar-refractivity contribution in [2.45, 2.75) is 19.9 Å². The molecule has 0 radical (unpaired) electrons. The molecule has 4 nitrogen and oxygen atoms in total. The van der Waals surface area contributed by atoms with Crippen molar-refractivity contribution in [3.05, 3.63) is 35.2 Å². The van der Waals surface area contributed by atoms with Gasteiger partial charge in [0.25, 0.3) is 5.91 Å². The van der Waals surface area contributed by atoms with E-state index in [1.54, 1.807) is 20.9 Å². The van der Waals surface area contributed by atoms with Crippen molar-refractivity contribution in [2.75, 3.05) is 18.6 Å². The van der Waals surface area contributed by atoms with Gasteiger partial charge in [0.15, 0.2) is 9.84 Å². The maximum atomic E-state index is 12.5. The Kier molecular flexibility index (Phi) is 4.68. The van der Waals surface area contributed by atoms with E-state index >= 15 is 0 Å². The number of carbonyl (C=O) groups excluding carboxylic acids is 1. The first-order valence-corrected chi connectivity index (χ1v) is 9.44. The van der Waals surface area contributed by atoms with Crippen molar-refractivity contribution in [3.8, 4) is 0 Å². The van der Waals surface area contributed by atoms with Gasteiger partial charge in [-0.1, -0.05) is 25.1 Å². The number of benzene rings is 1. The van der Waals surface area contributed by atoms with Crippen LogP contribution >= 0.6 is 11.3 Å². The molecule has 2 aromatic rings. The molecule has 2 rings (SSSR count). The van der Waals surface area contributed by atoms with E-state index in [0.717, 1.165) is 10.1 Å². The van der Waals surface area contributed by atoms with Gasteiger partial charge in [0.05, 0.1) is 10.6 Å². The van der Waals surface area contributed by atoms with Crippen molar-refractivity contribution in [1.82, 2.24) is 4.90 Å². The average molecular weight is 325 g/mol. The van der Waals surface area contributed by atoms with Gasteiger partial charge >= 0.3 is 0 Å². The number of fused-ring (bicyclic) bond motifs is 1. The second kappa shape index (κ2) is 6.15. The Morgan fingerprint density at radius 3 is 2.62 bits per heavy atom. The molecule has 0 bridgehead atoms. The average Bonchev–Trinajstić information content (AvgIpc) is 2.89. The summed E-state index contributed by atoms with van der Waals surface area (Å²) in [7, 11) is -1.44. The van der Waals surface area contributed by atoms with Gasteiger partial charge in [-0.2, -0.15) is 0 Å². The fourth-order valence-electron chi connectivity index (χ4n) is 2.06. The minimum atomic E-state index is -3.09. The summed E-state index contributed by atoms with van der Waals surface area (Å²) < 4.78 is 24.4. The summed E-state index contributed by atoms with van der Waals surface area (Å²) in [5.41, 5.74) is 0. The Bertz CT molecular complexity index is 716. The molecular weight excluding hydrogens is 306 g/mol. The smallest absolute Gasteiger partial charge is 0.263 e. The van der Waals surface area contributed by atoms with E-state index in [1.807, 2.05) is 30.3 Å². The standard InChI is InChI=1S/C15H19NO3S2/c1-4-21(18,19)10-11(2)16(3)15(17)14-9-12-7-5-6-8-13(12)20-14/h5-9,11H,4,10H2,1-3H3. The van der Waals surface area contributed by atoms with Crippen molar-refractivity contribution in [1.29, 1.82) is 0 Å². The van der Waals surface area contributed by atoms with Gasteiger partial charge < -0.3 is 4.90 Å². The first-order chi connectivity index (χ1) is 9.84. The molecule has 0 spiro atoms. The van der Waals surface area contributed by atoms with Crippen LogP contribution in [0.4, 0.5) is 0 Å². The predicted octanol–water partition coefficient (Wildman–Crippen LogP) is 2.80. The number of hydrogen-bond donors (Lipinski definition) is 0. The van der Waals surface area contributed by atoms with Crippen LogP contribution in [0.5, 0.6) is 0 Å². The summed E-state index contributed by atoms with van der Waals surface area (Å²) in [6.07, 6.45) is 0. The molecule has 1 unspecified atom stereocenters. The van der Waals surface area contributed by atoms with Gasteiger partial charge in [-0.3, -0.25) is 4.79 Å². The van der Waals surface area contributed by atoms with Crippen LogP contribution < -0.4 is 0 Å². The lowest BCUT2D eigenvalue weighted by Gasteiger charge is -2.24. The number of sulfone groups is 1. The molecular formula is C15H19NO3S2. The number of nitrogens with zero attached hydrogens (tertiary/aromatic N) is 1. The molecule has 0 fully saturated rings. The first-order valence-electron chi connectivity index (χ1n) is 6.80. The van der Waals surface area contributed by atoms with Crippen molar-refractivity contribution >= 4 is 37.2 Å². The van der Waals surface area contributed by atoms with E-state index in [0.29, 0.717) is 4.88 Å². The summed E-state index contributed by atoms with van der Waals surface area (Å²) >= 11 is 1.43. The van der Waals surface area contributed by atoms with Crippen LogP contribution in [0.1, 0.15) is 23.5 Å². The minimum Gasteiger partial charge on any atom is -0.337 e. The monoisotopic (exact) mass is 325 g/mol. The zero-order valence-corrected chi connectivity index (χ0v) is 14.0. The van der Waals surface area contributed by atoms with Gasteiger partial charge in [0.2, 0.25) is 0 Å². The topological polar surface area (TPSA) is 54.5 Å². The SMILES string of the molecule is CCS(=O)(=O)CC(C)N(C)C(=O)c1cc2ccccc2s1. The summed E-state index contributed by atoms with van der Waals surface area (Å²) in [6.45, 7) is 3.38. The second-order valence-corrected chi connectivity index (χ2v) is 8.59. The van der Waals surface area contributed by atoms with Crippen molar-refractivity contribution in [2.24, 2.45) is 0 Å². The summed E-state index contributed by atoms with van der Waals surface area (Å²) in [5.74, 6) is -0.0335. The zero-order valence-electron chi connectivity index (χ0n) is 12.4. The van der Waals surface area contributed by atoms with Gasteiger partial charge in [-0.15, -0.1) is 11.3 Å². The summed E-state index contributed by atoms with van der Waals surface area (Å²) in [5, 5.41) is 1.04. The molecule has 0 aliphatic heterocycles. The van der Waals surface area contributed by atoms with Gasteiger partial charge in [0, 0.05) is 23.5 Å². The lowest BCUT2D eigenvalue weighted by molar-refractivity contribution is 0.0761. The third-order valence-corrected chi connectivity index (χ3v) is 6.53. The number of amides is 1. The molecule has 0 N–H and O–H groups in total. The van der Waals surface area contributed by atoms with Crippen molar-refractivity contribution < 1.29 is 13.2 Å². The van der Waals surface area contributed by atoms with Crippen LogP contribution in [0.3, 0.4) is 0 Å². The lowest BCUT2D eigenvalue weighted by atomic mass is 10.2. The number of rotatable bonds is 5. The molecule has 0 aliphatic carbocycles. The molecule has 0 saturated heterocycles. The van der Waals surface area contributed by atoms with Gasteiger partial charge in [-0.05, 0) is 24.4 Å². The Morgan fingerprint density at radius 1 is 1.33 bits per heavy atom. The largest absolute Gasteiger partial charge is 0.337 e. The van der Waals surface area contributed by atoms with Crippen LogP contribution in [-0.2, 0) is 9.84 Å². The Hall–Kier alpha value is -1.40. The molecule has 0 aliphatic rings. The van der Waals surface area contributed by atoms with E-state index in [-0.39, 0.29) is 23.5 Å². The molecule has 1 heterocycles. The predicted molar refractivity (Wildman–Crippen MR) is 87.7 cm³/mol. The van der Waals surface area contributed by atoms with Crippen LogP contribution in [0.15, 0.2) is 30.3 Å². The van der Waals surface area contributed by atoms with Crippen molar-refractivity contribution in [3.63, 3.8) is 0 Å². The highest BCUT2D eigenvalue weighted by atomic mass is 32.2. The molecule has 114 valence electrons. The normalized spacial score (nSPS) is 13.3. The first kappa shape index (κ1) is 16.0. The van der Waals surface area contributed by atoms with E-state index in [4.69, 9.17) is 0 Å². The van der Waals surface area contributed by atoms with Crippen LogP contribution in [0.2, 0.25) is 0 Å². The highest BCUT2D eigenvalue weighted by molar-refractivity contribution is 7.91. The van der Waals surface area contributed by atoms with E-state index in [1.165, 1.54) is 16.2 Å². The molecule has 1 atom stereocenters. The zero-order chi connectivity index (χ0) is 15.6. The Balaban J connectivity index is 2.18. The van der Waals surface area contributed by atoms with E-state index < -0.39 is 9.84 Å². The molecule has 6 heteroatoms. The van der Waals surface area contributed by atoms with E-state index in [2.05, 4.69) is 0 Å². The third-order valence-electron chi connectivity index (χ3n) is 3.55. The highest BCUT2D eigenvalue weighted by Gasteiger charge is 2.23.